The summed E-state index contributed by atoms with van der Waals surface area (Å²) in [5.41, 5.74) is -0.323. The molecule has 0 saturated carbocycles. The topological polar surface area (TPSA) is 79.5 Å². The number of ether oxygens (including phenoxy) is 1. The number of methoxy groups -OCH3 is 1. The maximum absolute atomic E-state index is 11.5. The fourth-order valence-corrected chi connectivity index (χ4v) is 1.07. The fourth-order valence-electron chi connectivity index (χ4n) is 1.07. The third-order valence-corrected chi connectivity index (χ3v) is 1.83. The lowest BCUT2D eigenvalue weighted by molar-refractivity contribution is -0.122. The lowest BCUT2D eigenvalue weighted by Crippen LogP contribution is -2.53. The van der Waals surface area contributed by atoms with E-state index in [1.807, 2.05) is 20.8 Å². The van der Waals surface area contributed by atoms with E-state index in [4.69, 9.17) is 4.74 Å². The minimum absolute atomic E-state index is 0.230. The highest BCUT2D eigenvalue weighted by Gasteiger charge is 2.18. The molecule has 0 aliphatic rings. The van der Waals surface area contributed by atoms with Gasteiger partial charge in [-0.2, -0.15) is 0 Å². The maximum Gasteiger partial charge on any atom is 0.315 e. The molecule has 100 valence electrons. The number of carbonyl (C=O) groups is 2. The molecule has 1 atom stereocenters. The molecule has 0 aromatic carbocycles. The highest BCUT2D eigenvalue weighted by molar-refractivity contribution is 5.86. The van der Waals surface area contributed by atoms with E-state index < -0.39 is 6.04 Å². The van der Waals surface area contributed by atoms with E-state index in [9.17, 15) is 9.59 Å². The van der Waals surface area contributed by atoms with Crippen LogP contribution in [0.1, 0.15) is 27.7 Å². The molecule has 0 fully saturated rings. The Bertz CT molecular complexity index is 261. The Morgan fingerprint density at radius 3 is 2.35 bits per heavy atom. The summed E-state index contributed by atoms with van der Waals surface area (Å²) in [5, 5.41) is 7.92. The number of urea groups is 1. The molecule has 0 bridgehead atoms. The predicted octanol–water partition coefficient (Wildman–Crippen LogP) is 0.235. The molecule has 0 heterocycles. The molecule has 0 aliphatic carbocycles. The van der Waals surface area contributed by atoms with Crippen LogP contribution in [0.5, 0.6) is 0 Å². The number of carbonyl (C=O) groups excluding carboxylic acids is 2. The van der Waals surface area contributed by atoms with Crippen LogP contribution in [0, 0.1) is 0 Å². The molecule has 0 spiro atoms. The SMILES string of the molecule is COCCNC(=O)C(C)NC(=O)NC(C)(C)C. The molecule has 3 N–H and O–H groups in total. The smallest absolute Gasteiger partial charge is 0.315 e. The first-order valence-corrected chi connectivity index (χ1v) is 5.61. The van der Waals surface area contributed by atoms with Crippen LogP contribution >= 0.6 is 0 Å². The number of rotatable bonds is 5. The van der Waals surface area contributed by atoms with Gasteiger partial charge in [0.25, 0.3) is 0 Å². The predicted molar refractivity (Wildman–Crippen MR) is 65.8 cm³/mol. The van der Waals surface area contributed by atoms with Gasteiger partial charge in [0.05, 0.1) is 6.61 Å². The first kappa shape index (κ1) is 15.7. The van der Waals surface area contributed by atoms with Crippen LogP contribution in [-0.4, -0.2) is 43.8 Å². The van der Waals surface area contributed by atoms with Crippen LogP contribution in [0.4, 0.5) is 4.79 Å². The third kappa shape index (κ3) is 8.50. The van der Waals surface area contributed by atoms with E-state index in [-0.39, 0.29) is 17.5 Å². The molecule has 0 rings (SSSR count). The lowest BCUT2D eigenvalue weighted by Gasteiger charge is -2.22. The highest BCUT2D eigenvalue weighted by Crippen LogP contribution is 1.97. The van der Waals surface area contributed by atoms with Gasteiger partial charge in [-0.25, -0.2) is 4.79 Å². The van der Waals surface area contributed by atoms with Crippen LogP contribution < -0.4 is 16.0 Å². The van der Waals surface area contributed by atoms with Gasteiger partial charge in [-0.15, -0.1) is 0 Å². The van der Waals surface area contributed by atoms with Gasteiger partial charge in [-0.05, 0) is 27.7 Å². The molecule has 0 aliphatic heterocycles. The second-order valence-corrected chi connectivity index (χ2v) is 4.85. The Morgan fingerprint density at radius 1 is 1.29 bits per heavy atom. The molecule has 17 heavy (non-hydrogen) atoms. The van der Waals surface area contributed by atoms with Gasteiger partial charge < -0.3 is 20.7 Å². The first-order chi connectivity index (χ1) is 7.76. The standard InChI is InChI=1S/C11H23N3O3/c1-8(9(15)12-6-7-17-5)13-10(16)14-11(2,3)4/h8H,6-7H2,1-5H3,(H,12,15)(H2,13,14,16). The largest absolute Gasteiger partial charge is 0.383 e. The van der Waals surface area contributed by atoms with E-state index in [0.29, 0.717) is 13.2 Å². The van der Waals surface area contributed by atoms with Crippen molar-refractivity contribution in [3.8, 4) is 0 Å². The third-order valence-electron chi connectivity index (χ3n) is 1.83. The van der Waals surface area contributed by atoms with E-state index >= 15 is 0 Å². The zero-order chi connectivity index (χ0) is 13.5. The number of nitrogens with one attached hydrogen (secondary N) is 3. The normalized spacial score (nSPS) is 12.8. The minimum Gasteiger partial charge on any atom is -0.383 e. The summed E-state index contributed by atoms with van der Waals surface area (Å²) in [6.07, 6.45) is 0. The van der Waals surface area contributed by atoms with E-state index in [1.165, 1.54) is 0 Å². The average Bonchev–Trinajstić information content (AvgIpc) is 2.14. The van der Waals surface area contributed by atoms with Crippen LogP contribution in [0.2, 0.25) is 0 Å². The quantitative estimate of drug-likeness (QED) is 0.607. The zero-order valence-electron chi connectivity index (χ0n) is 11.2. The van der Waals surface area contributed by atoms with Gasteiger partial charge in [-0.1, -0.05) is 0 Å². The van der Waals surface area contributed by atoms with Crippen LogP contribution in [0.3, 0.4) is 0 Å². The molecule has 1 unspecified atom stereocenters. The average molecular weight is 245 g/mol. The first-order valence-electron chi connectivity index (χ1n) is 5.61. The number of amides is 3. The molecule has 6 heteroatoms. The lowest BCUT2D eigenvalue weighted by atomic mass is 10.1. The molecule has 0 aromatic heterocycles. The Labute approximate surface area is 102 Å². The van der Waals surface area contributed by atoms with Crippen molar-refractivity contribution >= 4 is 11.9 Å². The minimum atomic E-state index is -0.575. The van der Waals surface area contributed by atoms with Crippen molar-refractivity contribution in [1.29, 1.82) is 0 Å². The monoisotopic (exact) mass is 245 g/mol. The van der Waals surface area contributed by atoms with Gasteiger partial charge in [0.15, 0.2) is 0 Å². The van der Waals surface area contributed by atoms with Crippen LogP contribution in [-0.2, 0) is 9.53 Å². The van der Waals surface area contributed by atoms with Crippen molar-refractivity contribution in [2.75, 3.05) is 20.3 Å². The summed E-state index contributed by atoms with van der Waals surface area (Å²) in [4.78, 5) is 23.0. The van der Waals surface area contributed by atoms with E-state index in [1.54, 1.807) is 14.0 Å². The van der Waals surface area contributed by atoms with Gasteiger partial charge in [0.2, 0.25) is 5.91 Å². The summed E-state index contributed by atoms with van der Waals surface area (Å²) in [6.45, 7) is 8.13. The molecule has 3 amide bonds. The van der Waals surface area contributed by atoms with E-state index in [0.717, 1.165) is 0 Å². The van der Waals surface area contributed by atoms with Crippen LogP contribution in [0.25, 0.3) is 0 Å². The zero-order valence-corrected chi connectivity index (χ0v) is 11.2. The van der Waals surface area contributed by atoms with Crippen LogP contribution in [0.15, 0.2) is 0 Å². The molecule has 0 radical (unpaired) electrons. The molecule has 0 saturated heterocycles. The second kappa shape index (κ2) is 7.11. The van der Waals surface area contributed by atoms with Gasteiger partial charge in [0.1, 0.15) is 6.04 Å². The number of hydrogen-bond donors (Lipinski definition) is 3. The summed E-state index contributed by atoms with van der Waals surface area (Å²) < 4.78 is 4.80. The van der Waals surface area contributed by atoms with Crippen molar-refractivity contribution in [3.63, 3.8) is 0 Å². The van der Waals surface area contributed by atoms with Gasteiger partial charge in [-0.3, -0.25) is 4.79 Å². The van der Waals surface area contributed by atoms with Crippen molar-refractivity contribution < 1.29 is 14.3 Å². The fraction of sp³-hybridized carbons (Fsp3) is 0.818. The molecule has 0 aromatic rings. The Kier molecular flexibility index (Phi) is 6.57. The summed E-state index contributed by atoms with van der Waals surface area (Å²) >= 11 is 0. The maximum atomic E-state index is 11.5. The second-order valence-electron chi connectivity index (χ2n) is 4.85. The van der Waals surface area contributed by atoms with Gasteiger partial charge in [0, 0.05) is 19.2 Å². The Morgan fingerprint density at radius 2 is 1.88 bits per heavy atom. The van der Waals surface area contributed by atoms with Crippen molar-refractivity contribution in [1.82, 2.24) is 16.0 Å². The van der Waals surface area contributed by atoms with Crippen molar-refractivity contribution in [3.05, 3.63) is 0 Å². The Balaban J connectivity index is 3.95. The highest BCUT2D eigenvalue weighted by atomic mass is 16.5. The van der Waals surface area contributed by atoms with Crippen molar-refractivity contribution in [2.45, 2.75) is 39.3 Å². The van der Waals surface area contributed by atoms with E-state index in [2.05, 4.69) is 16.0 Å². The summed E-state index contributed by atoms with van der Waals surface area (Å²) in [6, 6.07) is -0.930. The van der Waals surface area contributed by atoms with Gasteiger partial charge >= 0.3 is 6.03 Å². The Hall–Kier alpha value is -1.30. The number of hydrogen-bond acceptors (Lipinski definition) is 3. The molecule has 6 nitrogen and oxygen atoms in total. The molecular weight excluding hydrogens is 222 g/mol. The molecular formula is C11H23N3O3. The summed E-state index contributed by atoms with van der Waals surface area (Å²) in [7, 11) is 1.56. The summed E-state index contributed by atoms with van der Waals surface area (Å²) in [5.74, 6) is -0.230. The van der Waals surface area contributed by atoms with Crippen molar-refractivity contribution in [2.24, 2.45) is 0 Å².